The second-order valence-electron chi connectivity index (χ2n) is 6.35. The van der Waals surface area contributed by atoms with Gasteiger partial charge in [-0.3, -0.25) is 14.7 Å². The van der Waals surface area contributed by atoms with Crippen molar-refractivity contribution in [2.24, 2.45) is 5.73 Å². The predicted octanol–water partition coefficient (Wildman–Crippen LogP) is 0.993. The lowest BCUT2D eigenvalue weighted by atomic mass is 10.0. The maximum atomic E-state index is 12.7. The average Bonchev–Trinajstić information content (AvgIpc) is 3.03. The Bertz CT molecular complexity index is 540. The molecule has 1 aliphatic heterocycles. The minimum absolute atomic E-state index is 0.0252. The van der Waals surface area contributed by atoms with Crippen molar-refractivity contribution in [1.29, 1.82) is 0 Å². The van der Waals surface area contributed by atoms with E-state index in [1.54, 1.807) is 0 Å². The van der Waals surface area contributed by atoms with E-state index >= 15 is 0 Å². The van der Waals surface area contributed by atoms with Crippen LogP contribution < -0.4 is 11.1 Å². The molecular weight excluding hydrogens is 294 g/mol. The molecule has 7 nitrogen and oxygen atoms in total. The van der Waals surface area contributed by atoms with Gasteiger partial charge in [-0.15, -0.1) is 0 Å². The van der Waals surface area contributed by atoms with E-state index in [2.05, 4.69) is 29.4 Å². The first-order valence-electron chi connectivity index (χ1n) is 8.36. The molecule has 1 aliphatic rings. The fraction of sp³-hybridized carbons (Fsp3) is 0.688. The summed E-state index contributed by atoms with van der Waals surface area (Å²) in [6.45, 7) is 5.63. The number of nitrogens with zero attached hydrogens (tertiary/aromatic N) is 2. The van der Waals surface area contributed by atoms with Gasteiger partial charge in [0.2, 0.25) is 5.91 Å². The Morgan fingerprint density at radius 1 is 1.48 bits per heavy atom. The van der Waals surface area contributed by atoms with Gasteiger partial charge >= 0.3 is 0 Å². The van der Waals surface area contributed by atoms with Gasteiger partial charge in [0, 0.05) is 37.8 Å². The SMILES string of the molecule is CC(C)c1cc(C(=O)N2CCCCC2CNC(=O)CCN)n[nH]1. The molecule has 2 amide bonds. The lowest BCUT2D eigenvalue weighted by molar-refractivity contribution is -0.121. The van der Waals surface area contributed by atoms with Crippen LogP contribution in [0.1, 0.15) is 61.6 Å². The van der Waals surface area contributed by atoms with Gasteiger partial charge in [-0.2, -0.15) is 5.10 Å². The Labute approximate surface area is 137 Å². The highest BCUT2D eigenvalue weighted by Gasteiger charge is 2.29. The zero-order chi connectivity index (χ0) is 16.8. The molecule has 0 bridgehead atoms. The van der Waals surface area contributed by atoms with E-state index < -0.39 is 0 Å². The predicted molar refractivity (Wildman–Crippen MR) is 88.0 cm³/mol. The van der Waals surface area contributed by atoms with E-state index in [1.807, 2.05) is 11.0 Å². The van der Waals surface area contributed by atoms with Crippen LogP contribution in [0.4, 0.5) is 0 Å². The molecule has 128 valence electrons. The van der Waals surface area contributed by atoms with E-state index in [0.29, 0.717) is 37.7 Å². The van der Waals surface area contributed by atoms with E-state index in [4.69, 9.17) is 5.73 Å². The van der Waals surface area contributed by atoms with Gasteiger partial charge in [-0.1, -0.05) is 13.8 Å². The summed E-state index contributed by atoms with van der Waals surface area (Å²) in [7, 11) is 0. The van der Waals surface area contributed by atoms with Crippen LogP contribution in [-0.4, -0.2) is 52.6 Å². The molecule has 1 saturated heterocycles. The van der Waals surface area contributed by atoms with Crippen LogP contribution in [0.15, 0.2) is 6.07 Å². The number of nitrogens with two attached hydrogens (primary N) is 1. The normalized spacial score (nSPS) is 18.3. The highest BCUT2D eigenvalue weighted by molar-refractivity contribution is 5.92. The lowest BCUT2D eigenvalue weighted by Gasteiger charge is -2.35. The van der Waals surface area contributed by atoms with Crippen molar-refractivity contribution in [3.63, 3.8) is 0 Å². The molecule has 2 heterocycles. The summed E-state index contributed by atoms with van der Waals surface area (Å²) in [5.41, 5.74) is 6.79. The second-order valence-corrected chi connectivity index (χ2v) is 6.35. The summed E-state index contributed by atoms with van der Waals surface area (Å²) in [6.07, 6.45) is 3.27. The first-order chi connectivity index (χ1) is 11.0. The van der Waals surface area contributed by atoms with Crippen LogP contribution >= 0.6 is 0 Å². The van der Waals surface area contributed by atoms with E-state index in [9.17, 15) is 9.59 Å². The van der Waals surface area contributed by atoms with Gasteiger partial charge in [0.1, 0.15) is 5.69 Å². The van der Waals surface area contributed by atoms with E-state index in [1.165, 1.54) is 0 Å². The number of rotatable bonds is 6. The molecule has 4 N–H and O–H groups in total. The van der Waals surface area contributed by atoms with Gasteiger partial charge in [0.25, 0.3) is 5.91 Å². The fourth-order valence-corrected chi connectivity index (χ4v) is 2.82. The number of nitrogens with one attached hydrogen (secondary N) is 2. The number of carbonyl (C=O) groups excluding carboxylic acids is 2. The lowest BCUT2D eigenvalue weighted by Crippen LogP contribution is -2.49. The molecule has 2 rings (SSSR count). The number of hydrogen-bond donors (Lipinski definition) is 3. The number of H-pyrrole nitrogens is 1. The molecule has 0 radical (unpaired) electrons. The summed E-state index contributed by atoms with van der Waals surface area (Å²) in [5, 5.41) is 9.95. The van der Waals surface area contributed by atoms with Crippen molar-refractivity contribution in [2.45, 2.75) is 51.5 Å². The van der Waals surface area contributed by atoms with Gasteiger partial charge in [0.05, 0.1) is 0 Å². The minimum atomic E-state index is -0.0640. The number of aromatic nitrogens is 2. The Morgan fingerprint density at radius 3 is 2.91 bits per heavy atom. The zero-order valence-electron chi connectivity index (χ0n) is 14.0. The van der Waals surface area contributed by atoms with Crippen LogP contribution in [0.3, 0.4) is 0 Å². The van der Waals surface area contributed by atoms with Crippen LogP contribution in [0.2, 0.25) is 0 Å². The van der Waals surface area contributed by atoms with Crippen LogP contribution in [0.25, 0.3) is 0 Å². The van der Waals surface area contributed by atoms with Crippen molar-refractivity contribution in [1.82, 2.24) is 20.4 Å². The molecule has 1 aromatic heterocycles. The number of piperidine rings is 1. The zero-order valence-corrected chi connectivity index (χ0v) is 14.0. The smallest absolute Gasteiger partial charge is 0.274 e. The fourth-order valence-electron chi connectivity index (χ4n) is 2.82. The summed E-state index contributed by atoms with van der Waals surface area (Å²) in [4.78, 5) is 26.2. The van der Waals surface area contributed by atoms with Gasteiger partial charge in [-0.05, 0) is 31.2 Å². The summed E-state index contributed by atoms with van der Waals surface area (Å²) in [5.74, 6) is 0.176. The first kappa shape index (κ1) is 17.5. The maximum Gasteiger partial charge on any atom is 0.274 e. The Kier molecular flexibility index (Phi) is 6.15. The van der Waals surface area contributed by atoms with Gasteiger partial charge in [-0.25, -0.2) is 0 Å². The molecule has 1 unspecified atom stereocenters. The van der Waals surface area contributed by atoms with Crippen molar-refractivity contribution in [3.05, 3.63) is 17.5 Å². The third kappa shape index (κ3) is 4.54. The van der Waals surface area contributed by atoms with E-state index in [0.717, 1.165) is 25.0 Å². The van der Waals surface area contributed by atoms with E-state index in [-0.39, 0.29) is 17.9 Å². The monoisotopic (exact) mass is 321 g/mol. The molecule has 23 heavy (non-hydrogen) atoms. The van der Waals surface area contributed by atoms with Crippen LogP contribution in [-0.2, 0) is 4.79 Å². The number of carbonyl (C=O) groups is 2. The largest absolute Gasteiger partial charge is 0.354 e. The van der Waals surface area contributed by atoms with Gasteiger partial charge < -0.3 is 16.0 Å². The third-order valence-electron chi connectivity index (χ3n) is 4.23. The Morgan fingerprint density at radius 2 is 2.26 bits per heavy atom. The van der Waals surface area contributed by atoms with Crippen LogP contribution in [0, 0.1) is 0 Å². The number of likely N-dealkylation sites (tertiary alicyclic amines) is 1. The maximum absolute atomic E-state index is 12.7. The quantitative estimate of drug-likeness (QED) is 0.727. The van der Waals surface area contributed by atoms with Crippen molar-refractivity contribution >= 4 is 11.8 Å². The molecule has 1 aromatic rings. The van der Waals surface area contributed by atoms with Crippen molar-refractivity contribution < 1.29 is 9.59 Å². The molecule has 0 aromatic carbocycles. The number of hydrogen-bond acceptors (Lipinski definition) is 4. The van der Waals surface area contributed by atoms with Crippen LogP contribution in [0.5, 0.6) is 0 Å². The highest BCUT2D eigenvalue weighted by atomic mass is 16.2. The third-order valence-corrected chi connectivity index (χ3v) is 4.23. The summed E-state index contributed by atoms with van der Waals surface area (Å²) in [6, 6.07) is 1.85. The molecular formula is C16H27N5O2. The molecule has 0 saturated carbocycles. The topological polar surface area (TPSA) is 104 Å². The standard InChI is InChI=1S/C16H27N5O2/c1-11(2)13-9-14(20-19-13)16(23)21-8-4-3-5-12(21)10-18-15(22)6-7-17/h9,11-12H,3-8,10,17H2,1-2H3,(H,18,22)(H,19,20). The Hall–Kier alpha value is -1.89. The minimum Gasteiger partial charge on any atom is -0.354 e. The summed E-state index contributed by atoms with van der Waals surface area (Å²) < 4.78 is 0. The first-order valence-corrected chi connectivity index (χ1v) is 8.36. The number of aromatic amines is 1. The molecule has 0 spiro atoms. The molecule has 1 atom stereocenters. The van der Waals surface area contributed by atoms with Gasteiger partial charge in [0.15, 0.2) is 0 Å². The molecule has 7 heteroatoms. The average molecular weight is 321 g/mol. The number of amides is 2. The van der Waals surface area contributed by atoms with Crippen molar-refractivity contribution in [2.75, 3.05) is 19.6 Å². The van der Waals surface area contributed by atoms with Crippen molar-refractivity contribution in [3.8, 4) is 0 Å². The second kappa shape index (κ2) is 8.10. The summed E-state index contributed by atoms with van der Waals surface area (Å²) >= 11 is 0. The highest BCUT2D eigenvalue weighted by Crippen LogP contribution is 2.20. The Balaban J connectivity index is 2.01. The molecule has 1 fully saturated rings. The molecule has 0 aliphatic carbocycles.